The Morgan fingerprint density at radius 2 is 1.83 bits per heavy atom. The number of hydrogen-bond donors (Lipinski definition) is 1. The number of anilines is 1. The van der Waals surface area contributed by atoms with Crippen molar-refractivity contribution in [1.82, 2.24) is 10.2 Å². The van der Waals surface area contributed by atoms with Gasteiger partial charge in [-0.3, -0.25) is 4.90 Å². The zero-order valence-corrected chi connectivity index (χ0v) is 11.2. The number of hydrogen-bond acceptors (Lipinski definition) is 3. The van der Waals surface area contributed by atoms with E-state index in [9.17, 15) is 0 Å². The van der Waals surface area contributed by atoms with Crippen LogP contribution in [0.4, 0.5) is 5.69 Å². The summed E-state index contributed by atoms with van der Waals surface area (Å²) in [6.45, 7) is 5.78. The molecule has 2 fully saturated rings. The van der Waals surface area contributed by atoms with Gasteiger partial charge in [-0.2, -0.15) is 0 Å². The van der Waals surface area contributed by atoms with Crippen LogP contribution < -0.4 is 10.2 Å². The van der Waals surface area contributed by atoms with E-state index >= 15 is 0 Å². The number of benzene rings is 1. The third-order valence-corrected chi connectivity index (χ3v) is 4.08. The van der Waals surface area contributed by atoms with Gasteiger partial charge in [0.1, 0.15) is 0 Å². The molecule has 1 aromatic carbocycles. The molecule has 1 aliphatic carbocycles. The van der Waals surface area contributed by atoms with Gasteiger partial charge in [0.25, 0.3) is 0 Å². The molecule has 0 amide bonds. The van der Waals surface area contributed by atoms with Crippen LogP contribution in [-0.2, 0) is 6.54 Å². The van der Waals surface area contributed by atoms with Crippen molar-refractivity contribution in [3.8, 4) is 0 Å². The molecule has 1 aromatic rings. The fraction of sp³-hybridized carbons (Fsp3) is 0.600. The van der Waals surface area contributed by atoms with Crippen LogP contribution in [0.3, 0.4) is 0 Å². The smallest absolute Gasteiger partial charge is 0.0412 e. The molecule has 1 aliphatic heterocycles. The molecule has 1 saturated carbocycles. The summed E-state index contributed by atoms with van der Waals surface area (Å²) in [6, 6.07) is 9.71. The minimum absolute atomic E-state index is 0.916. The Bertz CT molecular complexity index is 392. The fourth-order valence-corrected chi connectivity index (χ4v) is 2.93. The van der Waals surface area contributed by atoms with Crippen molar-refractivity contribution < 1.29 is 0 Å². The van der Waals surface area contributed by atoms with Gasteiger partial charge in [0, 0.05) is 44.5 Å². The molecule has 3 nitrogen and oxygen atoms in total. The van der Waals surface area contributed by atoms with Gasteiger partial charge in [0.2, 0.25) is 0 Å². The van der Waals surface area contributed by atoms with E-state index in [-0.39, 0.29) is 0 Å². The Labute approximate surface area is 110 Å². The van der Waals surface area contributed by atoms with Crippen LogP contribution >= 0.6 is 0 Å². The van der Waals surface area contributed by atoms with Crippen molar-refractivity contribution in [2.45, 2.75) is 25.4 Å². The highest BCUT2D eigenvalue weighted by atomic mass is 15.3. The molecule has 0 atom stereocenters. The van der Waals surface area contributed by atoms with E-state index in [1.807, 2.05) is 7.05 Å². The second kappa shape index (κ2) is 5.29. The summed E-state index contributed by atoms with van der Waals surface area (Å²) in [5, 5.41) is 3.26. The second-order valence-electron chi connectivity index (χ2n) is 5.41. The molecular formula is C15H23N3. The Morgan fingerprint density at radius 3 is 2.50 bits per heavy atom. The van der Waals surface area contributed by atoms with Crippen LogP contribution in [-0.4, -0.2) is 44.2 Å². The summed E-state index contributed by atoms with van der Waals surface area (Å²) in [5.41, 5.74) is 2.84. The second-order valence-corrected chi connectivity index (χ2v) is 5.41. The third-order valence-electron chi connectivity index (χ3n) is 4.08. The molecule has 1 saturated heterocycles. The molecule has 0 unspecified atom stereocenters. The summed E-state index contributed by atoms with van der Waals surface area (Å²) in [4.78, 5) is 5.21. The van der Waals surface area contributed by atoms with Crippen LogP contribution in [0, 0.1) is 0 Å². The van der Waals surface area contributed by atoms with E-state index in [4.69, 9.17) is 0 Å². The summed E-state index contributed by atoms with van der Waals surface area (Å²) in [6.07, 6.45) is 2.85. The monoisotopic (exact) mass is 245 g/mol. The predicted molar refractivity (Wildman–Crippen MR) is 76.0 cm³/mol. The average molecular weight is 245 g/mol. The fourth-order valence-electron chi connectivity index (χ4n) is 2.93. The Kier molecular flexibility index (Phi) is 3.52. The normalized spacial score (nSPS) is 21.3. The Morgan fingerprint density at radius 1 is 1.11 bits per heavy atom. The number of nitrogens with zero attached hydrogens (tertiary/aromatic N) is 2. The molecule has 2 aliphatic rings. The Hall–Kier alpha value is -1.06. The summed E-state index contributed by atoms with van der Waals surface area (Å²) in [5.74, 6) is 0. The molecule has 1 N–H and O–H groups in total. The molecule has 0 radical (unpaired) electrons. The first kappa shape index (κ1) is 12.0. The lowest BCUT2D eigenvalue weighted by Crippen LogP contribution is -2.47. The number of rotatable bonds is 4. The van der Waals surface area contributed by atoms with Crippen LogP contribution in [0.2, 0.25) is 0 Å². The predicted octanol–water partition coefficient (Wildman–Crippen LogP) is 1.69. The van der Waals surface area contributed by atoms with Crippen molar-refractivity contribution in [2.24, 2.45) is 0 Å². The average Bonchev–Trinajstić information content (AvgIpc) is 3.25. The first-order valence-electron chi connectivity index (χ1n) is 7.10. The van der Waals surface area contributed by atoms with Gasteiger partial charge in [-0.25, -0.2) is 0 Å². The molecule has 3 heteroatoms. The van der Waals surface area contributed by atoms with Gasteiger partial charge >= 0.3 is 0 Å². The molecule has 0 bridgehead atoms. The van der Waals surface area contributed by atoms with Gasteiger partial charge in [0.15, 0.2) is 0 Å². The maximum atomic E-state index is 3.26. The molecular weight excluding hydrogens is 222 g/mol. The van der Waals surface area contributed by atoms with E-state index in [0.29, 0.717) is 0 Å². The van der Waals surface area contributed by atoms with Crippen LogP contribution in [0.15, 0.2) is 24.3 Å². The molecule has 0 spiro atoms. The van der Waals surface area contributed by atoms with Gasteiger partial charge in [0.05, 0.1) is 0 Å². The molecule has 98 valence electrons. The molecule has 3 rings (SSSR count). The number of piperazine rings is 1. The van der Waals surface area contributed by atoms with Gasteiger partial charge < -0.3 is 10.2 Å². The zero-order chi connectivity index (χ0) is 12.4. The zero-order valence-electron chi connectivity index (χ0n) is 11.2. The summed E-state index contributed by atoms with van der Waals surface area (Å²) >= 11 is 0. The van der Waals surface area contributed by atoms with Crippen molar-refractivity contribution >= 4 is 5.69 Å². The standard InChI is InChI=1S/C15H23N3/c1-16-12-13-4-2-3-5-15(13)18-10-8-17(9-11-18)14-6-7-14/h2-5,14,16H,6-12H2,1H3. The van der Waals surface area contributed by atoms with Gasteiger partial charge in [-0.15, -0.1) is 0 Å². The minimum atomic E-state index is 0.916. The lowest BCUT2D eigenvalue weighted by molar-refractivity contribution is 0.248. The van der Waals surface area contributed by atoms with Crippen molar-refractivity contribution in [1.29, 1.82) is 0 Å². The van der Waals surface area contributed by atoms with E-state index in [1.165, 1.54) is 50.3 Å². The topological polar surface area (TPSA) is 18.5 Å². The quantitative estimate of drug-likeness (QED) is 0.871. The van der Waals surface area contributed by atoms with Gasteiger partial charge in [-0.1, -0.05) is 18.2 Å². The van der Waals surface area contributed by atoms with Crippen molar-refractivity contribution in [2.75, 3.05) is 38.1 Å². The van der Waals surface area contributed by atoms with Crippen LogP contribution in [0.25, 0.3) is 0 Å². The highest BCUT2D eigenvalue weighted by Gasteiger charge is 2.31. The van der Waals surface area contributed by atoms with Crippen LogP contribution in [0.1, 0.15) is 18.4 Å². The largest absolute Gasteiger partial charge is 0.369 e. The highest BCUT2D eigenvalue weighted by molar-refractivity contribution is 5.54. The minimum Gasteiger partial charge on any atom is -0.369 e. The van der Waals surface area contributed by atoms with E-state index in [0.717, 1.165) is 12.6 Å². The maximum Gasteiger partial charge on any atom is 0.0412 e. The number of nitrogens with one attached hydrogen (secondary N) is 1. The highest BCUT2D eigenvalue weighted by Crippen LogP contribution is 2.29. The van der Waals surface area contributed by atoms with E-state index < -0.39 is 0 Å². The maximum absolute atomic E-state index is 3.26. The van der Waals surface area contributed by atoms with E-state index in [2.05, 4.69) is 39.4 Å². The van der Waals surface area contributed by atoms with Gasteiger partial charge in [-0.05, 0) is 31.5 Å². The summed E-state index contributed by atoms with van der Waals surface area (Å²) in [7, 11) is 2.02. The lowest BCUT2D eigenvalue weighted by Gasteiger charge is -2.37. The Balaban J connectivity index is 1.67. The first-order valence-corrected chi connectivity index (χ1v) is 7.10. The SMILES string of the molecule is CNCc1ccccc1N1CCN(C2CC2)CC1. The first-order chi connectivity index (χ1) is 8.88. The molecule has 0 aromatic heterocycles. The summed E-state index contributed by atoms with van der Waals surface area (Å²) < 4.78 is 0. The third kappa shape index (κ3) is 2.52. The van der Waals surface area contributed by atoms with Crippen molar-refractivity contribution in [3.63, 3.8) is 0 Å². The molecule has 1 heterocycles. The number of para-hydroxylation sites is 1. The lowest BCUT2D eigenvalue weighted by atomic mass is 10.1. The van der Waals surface area contributed by atoms with Crippen LogP contribution in [0.5, 0.6) is 0 Å². The van der Waals surface area contributed by atoms with E-state index in [1.54, 1.807) is 0 Å². The molecule has 18 heavy (non-hydrogen) atoms. The van der Waals surface area contributed by atoms with Crippen molar-refractivity contribution in [3.05, 3.63) is 29.8 Å².